The summed E-state index contributed by atoms with van der Waals surface area (Å²) in [6, 6.07) is 13.5. The van der Waals surface area contributed by atoms with E-state index in [1.54, 1.807) is 24.9 Å². The standard InChI is InChI=1S/C14H13BrO2S.C2H4O2/c1-17-13-4-2-3-5-14(13)18-9-10-6-7-11(15)12(16)8-10;1-4-2-3/h2-8,16H,9H2,1H3;2H,1H3. The molecule has 0 aliphatic carbocycles. The van der Waals surface area contributed by atoms with E-state index in [-0.39, 0.29) is 5.75 Å². The maximum Gasteiger partial charge on any atom is 0.292 e. The van der Waals surface area contributed by atoms with E-state index in [1.807, 2.05) is 36.4 Å². The topological polar surface area (TPSA) is 55.8 Å². The highest BCUT2D eigenvalue weighted by Crippen LogP contribution is 2.33. The largest absolute Gasteiger partial charge is 0.507 e. The lowest BCUT2D eigenvalue weighted by Gasteiger charge is -2.08. The van der Waals surface area contributed by atoms with E-state index >= 15 is 0 Å². The Kier molecular flexibility index (Phi) is 8.47. The number of hydrogen-bond donors (Lipinski definition) is 1. The Balaban J connectivity index is 0.000000541. The van der Waals surface area contributed by atoms with Crippen LogP contribution in [0.5, 0.6) is 11.5 Å². The van der Waals surface area contributed by atoms with E-state index in [9.17, 15) is 5.11 Å². The summed E-state index contributed by atoms with van der Waals surface area (Å²) in [5.41, 5.74) is 1.08. The first-order chi connectivity index (χ1) is 10.6. The number of rotatable bonds is 5. The van der Waals surface area contributed by atoms with Crippen LogP contribution in [-0.2, 0) is 15.3 Å². The smallest absolute Gasteiger partial charge is 0.292 e. The van der Waals surface area contributed by atoms with Crippen molar-refractivity contribution in [1.29, 1.82) is 0 Å². The lowest BCUT2D eigenvalue weighted by Crippen LogP contribution is -1.86. The zero-order valence-electron chi connectivity index (χ0n) is 12.3. The van der Waals surface area contributed by atoms with Gasteiger partial charge in [-0.3, -0.25) is 4.79 Å². The van der Waals surface area contributed by atoms with E-state index in [0.29, 0.717) is 10.9 Å². The fraction of sp³-hybridized carbons (Fsp3) is 0.188. The number of carbonyl (C=O) groups is 1. The number of halogens is 1. The van der Waals surface area contributed by atoms with Crippen LogP contribution in [0.15, 0.2) is 51.8 Å². The average molecular weight is 385 g/mol. The number of para-hydroxylation sites is 1. The molecular weight excluding hydrogens is 368 g/mol. The van der Waals surface area contributed by atoms with E-state index in [2.05, 4.69) is 20.7 Å². The van der Waals surface area contributed by atoms with Gasteiger partial charge in [0.05, 0.1) is 18.7 Å². The summed E-state index contributed by atoms with van der Waals surface area (Å²) in [4.78, 5) is 10.1. The van der Waals surface area contributed by atoms with Crippen molar-refractivity contribution in [1.82, 2.24) is 0 Å². The van der Waals surface area contributed by atoms with Gasteiger partial charge in [-0.1, -0.05) is 18.2 Å². The minimum Gasteiger partial charge on any atom is -0.507 e. The quantitative estimate of drug-likeness (QED) is 0.616. The summed E-state index contributed by atoms with van der Waals surface area (Å²) in [5, 5.41) is 9.62. The van der Waals surface area contributed by atoms with Gasteiger partial charge in [0.1, 0.15) is 11.5 Å². The van der Waals surface area contributed by atoms with Crippen molar-refractivity contribution in [3.63, 3.8) is 0 Å². The van der Waals surface area contributed by atoms with Crippen LogP contribution in [0.1, 0.15) is 5.56 Å². The molecular formula is C16H17BrO4S. The minimum atomic E-state index is 0.271. The fourth-order valence-electron chi connectivity index (χ4n) is 1.55. The van der Waals surface area contributed by atoms with Gasteiger partial charge < -0.3 is 14.6 Å². The van der Waals surface area contributed by atoms with E-state index in [1.165, 1.54) is 7.11 Å². The van der Waals surface area contributed by atoms with Crippen molar-refractivity contribution in [2.45, 2.75) is 10.6 Å². The molecule has 0 spiro atoms. The molecule has 0 amide bonds. The van der Waals surface area contributed by atoms with Crippen molar-refractivity contribution in [3.05, 3.63) is 52.5 Å². The Hall–Kier alpha value is -1.66. The first kappa shape index (κ1) is 18.4. The van der Waals surface area contributed by atoms with Crippen molar-refractivity contribution in [2.75, 3.05) is 14.2 Å². The number of phenolic OH excluding ortho intramolecular Hbond substituents is 1. The molecule has 0 saturated heterocycles. The summed E-state index contributed by atoms with van der Waals surface area (Å²) >= 11 is 4.96. The van der Waals surface area contributed by atoms with Crippen LogP contribution in [0.25, 0.3) is 0 Å². The molecule has 1 N–H and O–H groups in total. The molecule has 4 nitrogen and oxygen atoms in total. The van der Waals surface area contributed by atoms with Gasteiger partial charge in [0, 0.05) is 10.6 Å². The van der Waals surface area contributed by atoms with Gasteiger partial charge in [0.2, 0.25) is 0 Å². The second-order valence-electron chi connectivity index (χ2n) is 4.06. The Bertz CT molecular complexity index is 604. The maximum absolute atomic E-state index is 9.62. The van der Waals surface area contributed by atoms with E-state index in [4.69, 9.17) is 9.53 Å². The van der Waals surface area contributed by atoms with E-state index in [0.717, 1.165) is 22.0 Å². The normalized spacial score (nSPS) is 9.41. The van der Waals surface area contributed by atoms with Crippen LogP contribution in [0.2, 0.25) is 0 Å². The molecule has 0 aromatic heterocycles. The lowest BCUT2D eigenvalue weighted by molar-refractivity contribution is -0.126. The second kappa shape index (κ2) is 10.1. The molecule has 0 aliphatic heterocycles. The van der Waals surface area contributed by atoms with Gasteiger partial charge in [-0.05, 0) is 45.8 Å². The van der Waals surface area contributed by atoms with Gasteiger partial charge in [-0.15, -0.1) is 11.8 Å². The molecule has 0 unspecified atom stereocenters. The first-order valence-electron chi connectivity index (χ1n) is 6.32. The van der Waals surface area contributed by atoms with Crippen LogP contribution < -0.4 is 4.74 Å². The molecule has 0 atom stereocenters. The number of aromatic hydroxyl groups is 1. The molecule has 0 aliphatic rings. The number of thioether (sulfide) groups is 1. The second-order valence-corrected chi connectivity index (χ2v) is 5.93. The third-order valence-electron chi connectivity index (χ3n) is 2.57. The molecule has 22 heavy (non-hydrogen) atoms. The van der Waals surface area contributed by atoms with Crippen LogP contribution in [-0.4, -0.2) is 25.8 Å². The monoisotopic (exact) mass is 384 g/mol. The summed E-state index contributed by atoms with van der Waals surface area (Å²) in [6.07, 6.45) is 0. The number of phenols is 1. The summed E-state index contributed by atoms with van der Waals surface area (Å²) < 4.78 is 9.88. The van der Waals surface area contributed by atoms with Crippen molar-refractivity contribution >= 4 is 34.2 Å². The lowest BCUT2D eigenvalue weighted by atomic mass is 10.2. The van der Waals surface area contributed by atoms with Crippen LogP contribution in [0, 0.1) is 0 Å². The van der Waals surface area contributed by atoms with Gasteiger partial charge in [0.15, 0.2) is 0 Å². The van der Waals surface area contributed by atoms with Crippen molar-refractivity contribution in [2.24, 2.45) is 0 Å². The number of hydrogen-bond acceptors (Lipinski definition) is 5. The number of methoxy groups -OCH3 is 2. The predicted molar refractivity (Wildman–Crippen MR) is 91.4 cm³/mol. The third kappa shape index (κ3) is 5.99. The number of carbonyl (C=O) groups excluding carboxylic acids is 1. The number of benzene rings is 2. The van der Waals surface area contributed by atoms with Gasteiger partial charge in [-0.2, -0.15) is 0 Å². The van der Waals surface area contributed by atoms with Gasteiger partial charge in [-0.25, -0.2) is 0 Å². The Morgan fingerprint density at radius 3 is 2.50 bits per heavy atom. The average Bonchev–Trinajstić information content (AvgIpc) is 2.56. The van der Waals surface area contributed by atoms with Crippen LogP contribution >= 0.6 is 27.7 Å². The molecule has 0 saturated carbocycles. The molecule has 0 radical (unpaired) electrons. The Morgan fingerprint density at radius 1 is 1.23 bits per heavy atom. The first-order valence-corrected chi connectivity index (χ1v) is 8.09. The van der Waals surface area contributed by atoms with E-state index < -0.39 is 0 Å². The van der Waals surface area contributed by atoms with Crippen molar-refractivity contribution < 1.29 is 19.4 Å². The predicted octanol–water partition coefficient (Wildman–Crippen LogP) is 4.24. The molecule has 2 rings (SSSR count). The molecule has 2 aromatic carbocycles. The molecule has 0 fully saturated rings. The summed E-state index contributed by atoms with van der Waals surface area (Å²) in [5.74, 6) is 1.94. The van der Waals surface area contributed by atoms with Crippen LogP contribution in [0.3, 0.4) is 0 Å². The summed E-state index contributed by atoms with van der Waals surface area (Å²) in [7, 11) is 2.98. The van der Waals surface area contributed by atoms with Gasteiger partial charge >= 0.3 is 0 Å². The third-order valence-corrected chi connectivity index (χ3v) is 4.37. The molecule has 0 heterocycles. The molecule has 0 bridgehead atoms. The number of ether oxygens (including phenoxy) is 2. The Labute approximate surface area is 142 Å². The molecule has 6 heteroatoms. The molecule has 2 aromatic rings. The van der Waals surface area contributed by atoms with Crippen molar-refractivity contribution in [3.8, 4) is 11.5 Å². The highest BCUT2D eigenvalue weighted by Gasteiger charge is 2.04. The highest BCUT2D eigenvalue weighted by atomic mass is 79.9. The SMILES string of the molecule is COC=O.COc1ccccc1SCc1ccc(Br)c(O)c1. The minimum absolute atomic E-state index is 0.271. The maximum atomic E-state index is 9.62. The highest BCUT2D eigenvalue weighted by molar-refractivity contribution is 9.10. The Morgan fingerprint density at radius 2 is 1.91 bits per heavy atom. The fourth-order valence-corrected chi connectivity index (χ4v) is 2.76. The zero-order valence-corrected chi connectivity index (χ0v) is 14.7. The zero-order chi connectivity index (χ0) is 16.4. The summed E-state index contributed by atoms with van der Waals surface area (Å²) in [6.45, 7) is 0.375. The molecule has 118 valence electrons. The van der Waals surface area contributed by atoms with Gasteiger partial charge in [0.25, 0.3) is 6.47 Å². The van der Waals surface area contributed by atoms with Crippen LogP contribution in [0.4, 0.5) is 0 Å².